The van der Waals surface area contributed by atoms with Crippen LogP contribution in [0.15, 0.2) is 79.0 Å². The molecule has 218 valence electrons. The summed E-state index contributed by atoms with van der Waals surface area (Å²) in [4.78, 5) is 59.4. The van der Waals surface area contributed by atoms with Gasteiger partial charge in [-0.1, -0.05) is 60.7 Å². The molecule has 1 saturated carbocycles. The van der Waals surface area contributed by atoms with Gasteiger partial charge in [0.1, 0.15) is 12.1 Å². The van der Waals surface area contributed by atoms with E-state index < -0.39 is 41.5 Å². The van der Waals surface area contributed by atoms with Gasteiger partial charge >= 0.3 is 0 Å². The van der Waals surface area contributed by atoms with Gasteiger partial charge in [-0.25, -0.2) is 8.78 Å². The van der Waals surface area contributed by atoms with Gasteiger partial charge < -0.3 is 15.5 Å². The number of halogens is 2. The number of nitrogens with zero attached hydrogens (tertiary/aromatic N) is 2. The van der Waals surface area contributed by atoms with Gasteiger partial charge in [-0.15, -0.1) is 0 Å². The Morgan fingerprint density at radius 2 is 1.62 bits per heavy atom. The average molecular weight is 575 g/mol. The molecule has 0 radical (unpaired) electrons. The van der Waals surface area contributed by atoms with Crippen LogP contribution in [0.1, 0.15) is 54.1 Å². The quantitative estimate of drug-likeness (QED) is 0.377. The molecule has 2 N–H and O–H groups in total. The summed E-state index contributed by atoms with van der Waals surface area (Å²) >= 11 is 0. The zero-order chi connectivity index (χ0) is 29.7. The Morgan fingerprint density at radius 3 is 2.33 bits per heavy atom. The Kier molecular flexibility index (Phi) is 8.70. The van der Waals surface area contributed by atoms with Crippen molar-refractivity contribution in [1.82, 2.24) is 20.5 Å². The van der Waals surface area contributed by atoms with Crippen molar-refractivity contribution in [3.63, 3.8) is 0 Å². The Bertz CT molecular complexity index is 1440. The zero-order valence-electron chi connectivity index (χ0n) is 23.0. The number of pyridine rings is 1. The lowest BCUT2D eigenvalue weighted by molar-refractivity contribution is -0.147. The number of nitrogens with one attached hydrogen (secondary N) is 2. The van der Waals surface area contributed by atoms with Crippen LogP contribution in [0.5, 0.6) is 0 Å². The van der Waals surface area contributed by atoms with Gasteiger partial charge in [0.2, 0.25) is 23.5 Å². The highest BCUT2D eigenvalue weighted by molar-refractivity contribution is 6.38. The molecule has 3 aromatic rings. The molecule has 0 saturated heterocycles. The number of Topliss-reactive ketones (excluding diaryl/α,β-unsaturated/α-hetero) is 1. The van der Waals surface area contributed by atoms with Crippen LogP contribution in [-0.2, 0) is 38.7 Å². The fourth-order valence-corrected chi connectivity index (χ4v) is 5.63. The Morgan fingerprint density at radius 1 is 0.929 bits per heavy atom. The molecule has 2 aliphatic rings. The van der Waals surface area contributed by atoms with Crippen LogP contribution < -0.4 is 10.6 Å². The lowest BCUT2D eigenvalue weighted by atomic mass is 9.85. The molecule has 2 heterocycles. The van der Waals surface area contributed by atoms with Crippen molar-refractivity contribution in [1.29, 1.82) is 0 Å². The van der Waals surface area contributed by atoms with Crippen LogP contribution in [-0.4, -0.2) is 45.4 Å². The van der Waals surface area contributed by atoms with E-state index in [2.05, 4.69) is 15.6 Å². The standard InChI is InChI=1S/C32H32F2N4O4/c33-32(34)15-13-22(14-16-32)31(42)38-20-23-10-4-5-12-25(23)27(38)29(40)37-26(18-21-8-2-1-3-9-21)28(39)30(41)36-19-24-11-6-7-17-35-24/h1-12,17,22,26-27H,13-16,18-20H2,(H,36,41)(H,37,40)/t26-,27?/m1/s1. The summed E-state index contributed by atoms with van der Waals surface area (Å²) in [6, 6.07) is 19.1. The number of alkyl halides is 2. The summed E-state index contributed by atoms with van der Waals surface area (Å²) < 4.78 is 27.6. The Balaban J connectivity index is 1.36. The van der Waals surface area contributed by atoms with Crippen molar-refractivity contribution in [2.45, 2.75) is 63.2 Å². The number of carbonyl (C=O) groups excluding carboxylic acids is 4. The molecular weight excluding hydrogens is 542 g/mol. The van der Waals surface area contributed by atoms with E-state index in [1.807, 2.05) is 12.1 Å². The number of carbonyl (C=O) groups is 4. The largest absolute Gasteiger partial charge is 0.344 e. The van der Waals surface area contributed by atoms with Gasteiger partial charge in [0, 0.05) is 37.9 Å². The normalized spacial score (nSPS) is 18.5. The molecule has 1 unspecified atom stereocenters. The minimum atomic E-state index is -2.79. The molecule has 0 spiro atoms. The number of hydrogen-bond acceptors (Lipinski definition) is 5. The SMILES string of the molecule is O=C(NCc1ccccn1)C(=O)[C@@H](Cc1ccccc1)NC(=O)C1c2ccccc2CN1C(=O)C1CCC(F)(F)CC1. The molecule has 1 aromatic heterocycles. The predicted octanol–water partition coefficient (Wildman–Crippen LogP) is 3.90. The third-order valence-corrected chi connectivity index (χ3v) is 7.90. The second-order valence-electron chi connectivity index (χ2n) is 10.8. The summed E-state index contributed by atoms with van der Waals surface area (Å²) in [5.41, 5.74) is 2.68. The highest BCUT2D eigenvalue weighted by Gasteiger charge is 2.44. The molecule has 5 rings (SSSR count). The molecule has 1 aliphatic carbocycles. The molecule has 2 atom stereocenters. The number of rotatable bonds is 9. The number of ketones is 1. The molecule has 8 nitrogen and oxygen atoms in total. The van der Waals surface area contributed by atoms with E-state index in [1.165, 1.54) is 4.90 Å². The van der Waals surface area contributed by atoms with Crippen LogP contribution in [0.3, 0.4) is 0 Å². The predicted molar refractivity (Wildman–Crippen MR) is 150 cm³/mol. The van der Waals surface area contributed by atoms with Gasteiger partial charge in [0.25, 0.3) is 5.91 Å². The molecule has 2 aromatic carbocycles. The van der Waals surface area contributed by atoms with Crippen molar-refractivity contribution in [2.24, 2.45) is 5.92 Å². The first-order valence-electron chi connectivity index (χ1n) is 14.0. The number of aromatic nitrogens is 1. The maximum absolute atomic E-state index is 13.9. The van der Waals surface area contributed by atoms with Crippen LogP contribution in [0.25, 0.3) is 0 Å². The minimum absolute atomic E-state index is 0.0378. The van der Waals surface area contributed by atoms with Crippen LogP contribution >= 0.6 is 0 Å². The van der Waals surface area contributed by atoms with Crippen molar-refractivity contribution in [2.75, 3.05) is 0 Å². The van der Waals surface area contributed by atoms with E-state index in [0.29, 0.717) is 11.3 Å². The Hall–Kier alpha value is -4.47. The maximum atomic E-state index is 13.9. The average Bonchev–Trinajstić information content (AvgIpc) is 3.40. The summed E-state index contributed by atoms with van der Waals surface area (Å²) in [5.74, 6) is -6.08. The molecule has 0 bridgehead atoms. The van der Waals surface area contributed by atoms with Crippen molar-refractivity contribution in [3.05, 3.63) is 101 Å². The monoisotopic (exact) mass is 574 g/mol. The van der Waals surface area contributed by atoms with Crippen molar-refractivity contribution < 1.29 is 28.0 Å². The second-order valence-corrected chi connectivity index (χ2v) is 10.8. The molecule has 10 heteroatoms. The summed E-state index contributed by atoms with van der Waals surface area (Å²) in [6.45, 7) is 0.192. The van der Waals surface area contributed by atoms with E-state index in [4.69, 9.17) is 0 Å². The van der Waals surface area contributed by atoms with Crippen molar-refractivity contribution >= 4 is 23.5 Å². The van der Waals surface area contributed by atoms with Gasteiger partial charge in [-0.2, -0.15) is 0 Å². The van der Waals surface area contributed by atoms with E-state index >= 15 is 0 Å². The third kappa shape index (κ3) is 6.70. The number of benzene rings is 2. The van der Waals surface area contributed by atoms with Crippen LogP contribution in [0, 0.1) is 5.92 Å². The highest BCUT2D eigenvalue weighted by Crippen LogP contribution is 2.40. The molecule has 1 fully saturated rings. The van der Waals surface area contributed by atoms with Gasteiger partial charge in [-0.05, 0) is 41.7 Å². The summed E-state index contributed by atoms with van der Waals surface area (Å²) in [6.07, 6.45) is 0.970. The summed E-state index contributed by atoms with van der Waals surface area (Å²) in [5, 5.41) is 5.32. The molecule has 42 heavy (non-hydrogen) atoms. The lowest BCUT2D eigenvalue weighted by Gasteiger charge is -2.33. The first kappa shape index (κ1) is 29.0. The van der Waals surface area contributed by atoms with E-state index in [0.717, 1.165) is 11.1 Å². The minimum Gasteiger partial charge on any atom is -0.344 e. The first-order valence-corrected chi connectivity index (χ1v) is 14.0. The molecule has 3 amide bonds. The Labute approximate surface area is 242 Å². The van der Waals surface area contributed by atoms with Gasteiger partial charge in [-0.3, -0.25) is 24.2 Å². The van der Waals surface area contributed by atoms with Crippen molar-refractivity contribution in [3.8, 4) is 0 Å². The van der Waals surface area contributed by atoms with Gasteiger partial charge in [0.05, 0.1) is 12.2 Å². The number of hydrogen-bond donors (Lipinski definition) is 2. The van der Waals surface area contributed by atoms with E-state index in [-0.39, 0.29) is 51.1 Å². The topological polar surface area (TPSA) is 108 Å². The zero-order valence-corrected chi connectivity index (χ0v) is 23.0. The molecule has 1 aliphatic heterocycles. The molecular formula is C32H32F2N4O4. The number of fused-ring (bicyclic) bond motifs is 1. The number of amides is 3. The first-order chi connectivity index (χ1) is 20.2. The highest BCUT2D eigenvalue weighted by atomic mass is 19.3. The van der Waals surface area contributed by atoms with Crippen LogP contribution in [0.2, 0.25) is 0 Å². The lowest BCUT2D eigenvalue weighted by Crippen LogP contribution is -2.52. The summed E-state index contributed by atoms with van der Waals surface area (Å²) in [7, 11) is 0. The smallest absolute Gasteiger partial charge is 0.289 e. The van der Waals surface area contributed by atoms with Gasteiger partial charge in [0.15, 0.2) is 0 Å². The fourth-order valence-electron chi connectivity index (χ4n) is 5.63. The maximum Gasteiger partial charge on any atom is 0.289 e. The van der Waals surface area contributed by atoms with E-state index in [9.17, 15) is 28.0 Å². The van der Waals surface area contributed by atoms with E-state index in [1.54, 1.807) is 66.9 Å². The van der Waals surface area contributed by atoms with Crippen LogP contribution in [0.4, 0.5) is 8.78 Å². The fraction of sp³-hybridized carbons (Fsp3) is 0.344. The third-order valence-electron chi connectivity index (χ3n) is 7.90. The second kappa shape index (κ2) is 12.6.